The molecule has 0 aliphatic heterocycles. The number of carbonyl (C=O) groups is 1. The van der Waals surface area contributed by atoms with Crippen molar-refractivity contribution >= 4 is 36.5 Å². The molecule has 0 saturated heterocycles. The summed E-state index contributed by atoms with van der Waals surface area (Å²) >= 11 is 6.12. The molecule has 0 N–H and O–H groups in total. The largest absolute Gasteiger partial charge is 0.469 e. The number of halogens is 1. The number of nitrogens with zero attached hydrogens (tertiary/aromatic N) is 2. The van der Waals surface area contributed by atoms with Gasteiger partial charge in [-0.05, 0) is 17.7 Å². The molecule has 1 aromatic carbocycles. The Morgan fingerprint density at radius 3 is 2.74 bits per heavy atom. The zero-order valence-corrected chi connectivity index (χ0v) is 15.8. The SMILES string of the molecule is COC(=O)Cc1cc(Cl)cc2cn(COCC[Si-](C)(C)C)nc12. The molecule has 1 aromatic heterocycles. The Kier molecular flexibility index (Phi) is 5.83. The summed E-state index contributed by atoms with van der Waals surface area (Å²) in [4.78, 5) is 11.5. The lowest BCUT2D eigenvalue weighted by molar-refractivity contribution is -0.139. The fourth-order valence-corrected chi connectivity index (χ4v) is 3.19. The van der Waals surface area contributed by atoms with Crippen molar-refractivity contribution in [3.63, 3.8) is 0 Å². The van der Waals surface area contributed by atoms with Gasteiger partial charge < -0.3 is 9.47 Å². The van der Waals surface area contributed by atoms with Crippen LogP contribution in [0.15, 0.2) is 18.3 Å². The van der Waals surface area contributed by atoms with E-state index in [0.717, 1.165) is 29.1 Å². The third-order valence-electron chi connectivity index (χ3n) is 3.48. The summed E-state index contributed by atoms with van der Waals surface area (Å²) in [5, 5.41) is 5.98. The minimum atomic E-state index is -1.09. The molecule has 0 atom stereocenters. The van der Waals surface area contributed by atoms with Gasteiger partial charge in [-0.1, -0.05) is 11.6 Å². The van der Waals surface area contributed by atoms with Crippen molar-refractivity contribution in [1.82, 2.24) is 9.78 Å². The summed E-state index contributed by atoms with van der Waals surface area (Å²) in [6.07, 6.45) is 2.04. The summed E-state index contributed by atoms with van der Waals surface area (Å²) in [5.41, 5.74) is 1.52. The van der Waals surface area contributed by atoms with Crippen LogP contribution >= 0.6 is 11.6 Å². The Morgan fingerprint density at radius 2 is 2.09 bits per heavy atom. The summed E-state index contributed by atoms with van der Waals surface area (Å²) < 4.78 is 12.2. The third kappa shape index (κ3) is 5.33. The average Bonchev–Trinajstić information content (AvgIpc) is 2.85. The Labute approximate surface area is 142 Å². The number of esters is 1. The van der Waals surface area contributed by atoms with Gasteiger partial charge in [0, 0.05) is 23.2 Å². The van der Waals surface area contributed by atoms with Crippen molar-refractivity contribution in [1.29, 1.82) is 0 Å². The molecule has 0 spiro atoms. The third-order valence-corrected chi connectivity index (χ3v) is 5.40. The maximum atomic E-state index is 11.5. The van der Waals surface area contributed by atoms with Gasteiger partial charge in [-0.2, -0.15) is 24.7 Å². The highest BCUT2D eigenvalue weighted by Crippen LogP contribution is 2.24. The maximum absolute atomic E-state index is 11.5. The van der Waals surface area contributed by atoms with Crippen molar-refractivity contribution in [2.75, 3.05) is 13.7 Å². The lowest BCUT2D eigenvalue weighted by Gasteiger charge is -2.26. The first-order valence-corrected chi connectivity index (χ1v) is 11.7. The smallest absolute Gasteiger partial charge is 0.310 e. The van der Waals surface area contributed by atoms with Crippen LogP contribution in [-0.4, -0.2) is 37.5 Å². The molecule has 1 heterocycles. The van der Waals surface area contributed by atoms with Crippen molar-refractivity contribution in [3.05, 3.63) is 28.9 Å². The Hall–Kier alpha value is -1.37. The predicted octanol–water partition coefficient (Wildman–Crippen LogP) is 3.72. The molecule has 0 aliphatic carbocycles. The van der Waals surface area contributed by atoms with Gasteiger partial charge in [0.1, 0.15) is 6.73 Å². The number of aromatic nitrogens is 2. The molecule has 0 amide bonds. The van der Waals surface area contributed by atoms with E-state index in [1.165, 1.54) is 7.11 Å². The van der Waals surface area contributed by atoms with Crippen LogP contribution in [0.5, 0.6) is 0 Å². The van der Waals surface area contributed by atoms with Crippen molar-refractivity contribution in [3.8, 4) is 0 Å². The van der Waals surface area contributed by atoms with E-state index in [4.69, 9.17) is 21.1 Å². The molecule has 127 valence electrons. The van der Waals surface area contributed by atoms with Gasteiger partial charge in [-0.15, -0.1) is 14.1 Å². The van der Waals surface area contributed by atoms with Gasteiger partial charge in [0.15, 0.2) is 0 Å². The number of ether oxygens (including phenoxy) is 2. The van der Waals surface area contributed by atoms with E-state index in [2.05, 4.69) is 24.7 Å². The van der Waals surface area contributed by atoms with Crippen LogP contribution < -0.4 is 0 Å². The van der Waals surface area contributed by atoms with Crippen molar-refractivity contribution in [2.45, 2.75) is 38.8 Å². The molecular weight excluding hydrogens is 332 g/mol. The first-order chi connectivity index (χ1) is 10.8. The first-order valence-electron chi connectivity index (χ1n) is 7.58. The second kappa shape index (κ2) is 7.46. The molecule has 0 aliphatic rings. The Balaban J connectivity index is 2.11. The first kappa shape index (κ1) is 18.0. The van der Waals surface area contributed by atoms with Gasteiger partial charge in [-0.25, -0.2) is 4.68 Å². The molecule has 0 saturated carbocycles. The van der Waals surface area contributed by atoms with E-state index >= 15 is 0 Å². The minimum Gasteiger partial charge on any atom is -0.469 e. The quantitative estimate of drug-likeness (QED) is 0.432. The van der Waals surface area contributed by atoms with Crippen LogP contribution in [0, 0.1) is 0 Å². The molecule has 0 unspecified atom stereocenters. The highest BCUT2D eigenvalue weighted by molar-refractivity contribution is 6.76. The van der Waals surface area contributed by atoms with E-state index in [-0.39, 0.29) is 12.4 Å². The highest BCUT2D eigenvalue weighted by atomic mass is 35.5. The van der Waals surface area contributed by atoms with E-state index in [1.54, 1.807) is 10.7 Å². The molecule has 0 fully saturated rings. The lowest BCUT2D eigenvalue weighted by Crippen LogP contribution is -2.22. The van der Waals surface area contributed by atoms with E-state index in [9.17, 15) is 4.79 Å². The normalized spacial score (nSPS) is 11.9. The van der Waals surface area contributed by atoms with Gasteiger partial charge in [-0.3, -0.25) is 4.79 Å². The van der Waals surface area contributed by atoms with Gasteiger partial charge >= 0.3 is 5.97 Å². The van der Waals surface area contributed by atoms with Crippen molar-refractivity contribution < 1.29 is 14.3 Å². The standard InChI is InChI=1S/C16H23ClN2O3Si/c1-21-15(20)9-12-7-14(17)8-13-10-19(18-16(12)13)11-22-5-6-23(2,3)4/h7-8,10H,5-6,9,11H2,1-4H3/q-1. The summed E-state index contributed by atoms with van der Waals surface area (Å²) in [7, 11) is 0.280. The fourth-order valence-electron chi connectivity index (χ4n) is 2.18. The fraction of sp³-hybridized carbons (Fsp3) is 0.500. The van der Waals surface area contributed by atoms with Crippen LogP contribution in [0.2, 0.25) is 30.7 Å². The van der Waals surface area contributed by atoms with Crippen LogP contribution in [0.3, 0.4) is 0 Å². The molecule has 2 aromatic rings. The maximum Gasteiger partial charge on any atom is 0.310 e. The summed E-state index contributed by atoms with van der Waals surface area (Å²) in [6, 6.07) is 4.71. The molecule has 0 radical (unpaired) electrons. The van der Waals surface area contributed by atoms with Gasteiger partial charge in [0.2, 0.25) is 0 Å². The average molecular weight is 355 g/mol. The van der Waals surface area contributed by atoms with Crippen LogP contribution in [0.4, 0.5) is 0 Å². The summed E-state index contributed by atoms with van der Waals surface area (Å²) in [6.45, 7) is 8.09. The van der Waals surface area contributed by atoms with E-state index in [1.807, 2.05) is 12.3 Å². The number of methoxy groups -OCH3 is 1. The number of benzene rings is 1. The molecule has 7 heteroatoms. The topological polar surface area (TPSA) is 53.4 Å². The molecule has 5 nitrogen and oxygen atoms in total. The second-order valence-corrected chi connectivity index (χ2v) is 12.8. The number of hydrogen-bond donors (Lipinski definition) is 0. The van der Waals surface area contributed by atoms with E-state index in [0.29, 0.717) is 11.8 Å². The summed E-state index contributed by atoms with van der Waals surface area (Å²) in [5.74, 6) is -0.311. The monoisotopic (exact) mass is 354 g/mol. The minimum absolute atomic E-state index is 0.154. The number of carbonyl (C=O) groups excluding carboxylic acids is 1. The highest BCUT2D eigenvalue weighted by Gasteiger charge is 2.12. The number of rotatable bonds is 7. The van der Waals surface area contributed by atoms with Crippen LogP contribution in [-0.2, 0) is 27.4 Å². The number of hydrogen-bond acceptors (Lipinski definition) is 4. The molecule has 2 rings (SSSR count). The van der Waals surface area contributed by atoms with Gasteiger partial charge in [0.05, 0.1) is 19.0 Å². The van der Waals surface area contributed by atoms with Gasteiger partial charge in [0.25, 0.3) is 0 Å². The van der Waals surface area contributed by atoms with Crippen LogP contribution in [0.1, 0.15) is 5.56 Å². The van der Waals surface area contributed by atoms with Crippen molar-refractivity contribution in [2.24, 2.45) is 0 Å². The predicted molar refractivity (Wildman–Crippen MR) is 94.6 cm³/mol. The second-order valence-electron chi connectivity index (χ2n) is 6.77. The Morgan fingerprint density at radius 1 is 1.35 bits per heavy atom. The molecule has 0 bridgehead atoms. The zero-order chi connectivity index (χ0) is 17.0. The molecular formula is C16H23ClN2O3Si-. The molecule has 23 heavy (non-hydrogen) atoms. The lowest BCUT2D eigenvalue weighted by atomic mass is 10.1. The Bertz CT molecular complexity index is 694. The zero-order valence-electron chi connectivity index (χ0n) is 14.1. The van der Waals surface area contributed by atoms with Crippen LogP contribution in [0.25, 0.3) is 10.9 Å². The van der Waals surface area contributed by atoms with E-state index < -0.39 is 8.07 Å². The number of fused-ring (bicyclic) bond motifs is 1.